The third kappa shape index (κ3) is 3.19. The van der Waals surface area contributed by atoms with Crippen LogP contribution in [0.15, 0.2) is 18.3 Å². The first kappa shape index (κ1) is 12.3. The van der Waals surface area contributed by atoms with Crippen LogP contribution in [0.2, 0.25) is 0 Å². The van der Waals surface area contributed by atoms with E-state index >= 15 is 0 Å². The lowest BCUT2D eigenvalue weighted by Gasteiger charge is -2.17. The summed E-state index contributed by atoms with van der Waals surface area (Å²) in [7, 11) is 1.71. The number of hydrogen-bond acceptors (Lipinski definition) is 4. The number of rotatable bonds is 5. The van der Waals surface area contributed by atoms with Gasteiger partial charge in [-0.3, -0.25) is 4.79 Å². The minimum Gasteiger partial charge on any atom is -0.478 e. The summed E-state index contributed by atoms with van der Waals surface area (Å²) in [6.07, 6.45) is 3.51. The minimum atomic E-state index is -1.01. The van der Waals surface area contributed by atoms with Gasteiger partial charge in [0.25, 0.3) is 0 Å². The molecule has 0 unspecified atom stereocenters. The van der Waals surface area contributed by atoms with E-state index in [0.29, 0.717) is 11.9 Å². The number of carbonyl (C=O) groups is 2. The van der Waals surface area contributed by atoms with Gasteiger partial charge in [0, 0.05) is 19.3 Å². The van der Waals surface area contributed by atoms with Crippen molar-refractivity contribution in [1.82, 2.24) is 10.3 Å². The van der Waals surface area contributed by atoms with Crippen LogP contribution in [0.1, 0.15) is 23.2 Å². The number of likely N-dealkylation sites (N-methyl/N-ethyl adjacent to an activating group) is 1. The van der Waals surface area contributed by atoms with Crippen molar-refractivity contribution in [3.8, 4) is 0 Å². The van der Waals surface area contributed by atoms with Gasteiger partial charge in [-0.05, 0) is 25.0 Å². The van der Waals surface area contributed by atoms with E-state index in [1.807, 2.05) is 0 Å². The summed E-state index contributed by atoms with van der Waals surface area (Å²) in [5, 5.41) is 11.7. The second-order valence-corrected chi connectivity index (χ2v) is 4.41. The molecule has 1 aromatic rings. The van der Waals surface area contributed by atoms with Gasteiger partial charge < -0.3 is 15.3 Å². The molecule has 0 aliphatic heterocycles. The maximum Gasteiger partial charge on any atom is 0.335 e. The fourth-order valence-corrected chi connectivity index (χ4v) is 1.56. The van der Waals surface area contributed by atoms with Gasteiger partial charge in [0.15, 0.2) is 0 Å². The number of aromatic carboxylic acids is 1. The number of nitrogens with one attached hydrogen (secondary N) is 1. The molecule has 1 aliphatic carbocycles. The molecule has 1 saturated carbocycles. The molecule has 6 nitrogen and oxygen atoms in total. The fraction of sp³-hybridized carbons (Fsp3) is 0.417. The zero-order valence-corrected chi connectivity index (χ0v) is 10.1. The minimum absolute atomic E-state index is 0.0671. The number of aromatic nitrogens is 1. The highest BCUT2D eigenvalue weighted by atomic mass is 16.4. The van der Waals surface area contributed by atoms with Crippen molar-refractivity contribution in [3.05, 3.63) is 23.9 Å². The molecule has 0 spiro atoms. The third-order valence-corrected chi connectivity index (χ3v) is 2.71. The van der Waals surface area contributed by atoms with Crippen LogP contribution in [0, 0.1) is 0 Å². The Morgan fingerprint density at radius 1 is 1.56 bits per heavy atom. The van der Waals surface area contributed by atoms with Crippen molar-refractivity contribution in [2.45, 2.75) is 18.9 Å². The summed E-state index contributed by atoms with van der Waals surface area (Å²) >= 11 is 0. The lowest BCUT2D eigenvalue weighted by molar-refractivity contribution is -0.119. The molecule has 0 atom stereocenters. The molecule has 1 fully saturated rings. The van der Waals surface area contributed by atoms with E-state index in [1.54, 1.807) is 11.9 Å². The smallest absolute Gasteiger partial charge is 0.335 e. The number of nitrogens with zero attached hydrogens (tertiary/aromatic N) is 2. The summed E-state index contributed by atoms with van der Waals surface area (Å²) in [5.74, 6) is -0.599. The normalized spacial score (nSPS) is 14.1. The summed E-state index contributed by atoms with van der Waals surface area (Å²) < 4.78 is 0. The zero-order valence-electron chi connectivity index (χ0n) is 10.1. The Morgan fingerprint density at radius 3 is 2.89 bits per heavy atom. The first-order valence-corrected chi connectivity index (χ1v) is 5.76. The van der Waals surface area contributed by atoms with Crippen LogP contribution in [-0.4, -0.2) is 41.6 Å². The Kier molecular flexibility index (Phi) is 3.45. The second-order valence-electron chi connectivity index (χ2n) is 4.41. The SMILES string of the molecule is CN(CC(=O)NC1CC1)c1cc(C(=O)O)ccn1. The first-order chi connectivity index (χ1) is 8.56. The lowest BCUT2D eigenvalue weighted by Crippen LogP contribution is -2.36. The van der Waals surface area contributed by atoms with E-state index in [-0.39, 0.29) is 18.0 Å². The highest BCUT2D eigenvalue weighted by molar-refractivity contribution is 5.88. The van der Waals surface area contributed by atoms with E-state index in [9.17, 15) is 9.59 Å². The number of pyridine rings is 1. The molecule has 1 aromatic heterocycles. The predicted octanol–water partition coefficient (Wildman–Crippen LogP) is 0.495. The fourth-order valence-electron chi connectivity index (χ4n) is 1.56. The molecule has 96 valence electrons. The Balaban J connectivity index is 1.98. The van der Waals surface area contributed by atoms with E-state index in [0.717, 1.165) is 12.8 Å². The summed E-state index contributed by atoms with van der Waals surface area (Å²) in [6, 6.07) is 3.20. The third-order valence-electron chi connectivity index (χ3n) is 2.71. The molecule has 6 heteroatoms. The van der Waals surface area contributed by atoms with E-state index in [1.165, 1.54) is 18.3 Å². The number of carbonyl (C=O) groups excluding carboxylic acids is 1. The summed E-state index contributed by atoms with van der Waals surface area (Å²) in [6.45, 7) is 0.173. The molecular weight excluding hydrogens is 234 g/mol. The van der Waals surface area contributed by atoms with Crippen LogP contribution >= 0.6 is 0 Å². The Morgan fingerprint density at radius 2 is 2.28 bits per heavy atom. The predicted molar refractivity (Wildman–Crippen MR) is 65.6 cm³/mol. The maximum absolute atomic E-state index is 11.6. The van der Waals surface area contributed by atoms with E-state index in [2.05, 4.69) is 10.3 Å². The molecular formula is C12H15N3O3. The van der Waals surface area contributed by atoms with Crippen molar-refractivity contribution in [2.75, 3.05) is 18.5 Å². The lowest BCUT2D eigenvalue weighted by atomic mass is 10.2. The van der Waals surface area contributed by atoms with Gasteiger partial charge in [0.1, 0.15) is 5.82 Å². The van der Waals surface area contributed by atoms with Gasteiger partial charge >= 0.3 is 5.97 Å². The van der Waals surface area contributed by atoms with Gasteiger partial charge in [-0.2, -0.15) is 0 Å². The zero-order chi connectivity index (χ0) is 13.1. The van der Waals surface area contributed by atoms with Crippen LogP contribution in [-0.2, 0) is 4.79 Å². The topological polar surface area (TPSA) is 82.5 Å². The molecule has 0 saturated heterocycles. The first-order valence-electron chi connectivity index (χ1n) is 5.76. The molecule has 2 N–H and O–H groups in total. The van der Waals surface area contributed by atoms with Crippen LogP contribution in [0.5, 0.6) is 0 Å². The van der Waals surface area contributed by atoms with Crippen LogP contribution in [0.25, 0.3) is 0 Å². The highest BCUT2D eigenvalue weighted by Gasteiger charge is 2.23. The summed E-state index contributed by atoms with van der Waals surface area (Å²) in [4.78, 5) is 28.1. The average molecular weight is 249 g/mol. The number of carboxylic acid groups (broad SMARTS) is 1. The highest BCUT2D eigenvalue weighted by Crippen LogP contribution is 2.18. The molecule has 1 heterocycles. The van der Waals surface area contributed by atoms with Crippen molar-refractivity contribution >= 4 is 17.7 Å². The molecule has 1 aliphatic rings. The van der Waals surface area contributed by atoms with Gasteiger partial charge in [-0.1, -0.05) is 0 Å². The molecule has 18 heavy (non-hydrogen) atoms. The van der Waals surface area contributed by atoms with E-state index < -0.39 is 5.97 Å². The van der Waals surface area contributed by atoms with Crippen LogP contribution in [0.4, 0.5) is 5.82 Å². The van der Waals surface area contributed by atoms with Crippen molar-refractivity contribution in [3.63, 3.8) is 0 Å². The average Bonchev–Trinajstić information content (AvgIpc) is 3.12. The molecule has 2 rings (SSSR count). The van der Waals surface area contributed by atoms with Crippen molar-refractivity contribution < 1.29 is 14.7 Å². The number of amides is 1. The number of hydrogen-bond donors (Lipinski definition) is 2. The number of carboxylic acids is 1. The molecule has 1 amide bonds. The van der Waals surface area contributed by atoms with Gasteiger partial charge in [-0.25, -0.2) is 9.78 Å². The molecule has 0 aromatic carbocycles. The Labute approximate surface area is 105 Å². The largest absolute Gasteiger partial charge is 0.478 e. The quantitative estimate of drug-likeness (QED) is 0.793. The van der Waals surface area contributed by atoms with Crippen molar-refractivity contribution in [2.24, 2.45) is 0 Å². The molecule has 0 radical (unpaired) electrons. The van der Waals surface area contributed by atoms with Crippen molar-refractivity contribution in [1.29, 1.82) is 0 Å². The monoisotopic (exact) mass is 249 g/mol. The standard InChI is InChI=1S/C12H15N3O3/c1-15(7-11(16)14-9-2-3-9)10-6-8(12(17)18)4-5-13-10/h4-6,9H,2-3,7H2,1H3,(H,14,16)(H,17,18). The van der Waals surface area contributed by atoms with Crippen LogP contribution in [0.3, 0.4) is 0 Å². The molecule has 0 bridgehead atoms. The number of anilines is 1. The van der Waals surface area contributed by atoms with E-state index in [4.69, 9.17) is 5.11 Å². The Hall–Kier alpha value is -2.11. The van der Waals surface area contributed by atoms with Gasteiger partial charge in [0.05, 0.1) is 12.1 Å². The second kappa shape index (κ2) is 5.03. The van der Waals surface area contributed by atoms with Gasteiger partial charge in [0.2, 0.25) is 5.91 Å². The van der Waals surface area contributed by atoms with Gasteiger partial charge in [-0.15, -0.1) is 0 Å². The maximum atomic E-state index is 11.6. The van der Waals surface area contributed by atoms with Crippen LogP contribution < -0.4 is 10.2 Å². The summed E-state index contributed by atoms with van der Waals surface area (Å²) in [5.41, 5.74) is 0.162. The Bertz CT molecular complexity index is 471.